The fraction of sp³-hybridized carbons (Fsp3) is 0.200. The van der Waals surface area contributed by atoms with E-state index in [1.807, 2.05) is 35.9 Å². The number of ketones is 1. The number of Topliss-reactive ketones (excluding diaryl/α,β-unsaturated/α-hetero) is 1. The van der Waals surface area contributed by atoms with Gasteiger partial charge in [-0.05, 0) is 25.1 Å². The summed E-state index contributed by atoms with van der Waals surface area (Å²) in [5.41, 5.74) is 1.17. The quantitative estimate of drug-likeness (QED) is 0.381. The number of nitro benzene ring substituents is 1. The van der Waals surface area contributed by atoms with Gasteiger partial charge in [0.05, 0.1) is 12.0 Å². The lowest BCUT2D eigenvalue weighted by molar-refractivity contribution is -0.384. The lowest BCUT2D eigenvalue weighted by Gasteiger charge is -2.22. The summed E-state index contributed by atoms with van der Waals surface area (Å²) in [6.45, 7) is 1.37. The number of carbonyl (C=O) groups excluding carboxylic acids is 1. The number of para-hydroxylation sites is 1. The number of benzene rings is 2. The van der Waals surface area contributed by atoms with Crippen molar-refractivity contribution in [3.05, 3.63) is 81.9 Å². The van der Waals surface area contributed by atoms with Gasteiger partial charge in [-0.25, -0.2) is 4.98 Å². The Morgan fingerprint density at radius 3 is 2.64 bits per heavy atom. The Kier molecular flexibility index (Phi) is 5.39. The number of nitrogens with one attached hydrogen (secondary N) is 1. The molecule has 0 spiro atoms. The third-order valence-corrected chi connectivity index (χ3v) is 4.47. The maximum Gasteiger partial charge on any atom is 0.293 e. The molecular weight excluding hydrogens is 360 g/mol. The van der Waals surface area contributed by atoms with E-state index in [-0.39, 0.29) is 22.7 Å². The van der Waals surface area contributed by atoms with Crippen molar-refractivity contribution in [1.29, 1.82) is 0 Å². The molecule has 0 radical (unpaired) electrons. The highest BCUT2D eigenvalue weighted by Crippen LogP contribution is 2.35. The van der Waals surface area contributed by atoms with Gasteiger partial charge in [0.25, 0.3) is 5.69 Å². The second-order valence-corrected chi connectivity index (χ2v) is 6.26. The number of carbonyl (C=O) groups is 1. The van der Waals surface area contributed by atoms with E-state index < -0.39 is 11.0 Å². The van der Waals surface area contributed by atoms with E-state index in [2.05, 4.69) is 10.3 Å². The predicted octanol–water partition coefficient (Wildman–Crippen LogP) is 3.74. The smallest absolute Gasteiger partial charge is 0.293 e. The number of nitrogens with zero attached hydrogens (tertiary/aromatic N) is 3. The normalized spacial score (nSPS) is 11.7. The molecule has 3 aromatic rings. The molecule has 8 nitrogen and oxygen atoms in total. The number of hydrogen-bond donors (Lipinski definition) is 1. The molecule has 1 unspecified atom stereocenters. The van der Waals surface area contributed by atoms with Crippen LogP contribution in [0.5, 0.6) is 5.75 Å². The van der Waals surface area contributed by atoms with Crippen LogP contribution in [0.2, 0.25) is 0 Å². The maximum absolute atomic E-state index is 11.6. The van der Waals surface area contributed by atoms with E-state index in [9.17, 15) is 14.9 Å². The number of aromatic nitrogens is 2. The molecule has 0 amide bonds. The van der Waals surface area contributed by atoms with Crippen molar-refractivity contribution in [2.45, 2.75) is 13.0 Å². The van der Waals surface area contributed by atoms with E-state index in [1.165, 1.54) is 13.0 Å². The molecule has 3 rings (SSSR count). The highest BCUT2D eigenvalue weighted by Gasteiger charge is 2.25. The van der Waals surface area contributed by atoms with E-state index in [4.69, 9.17) is 4.74 Å². The number of nitro groups is 1. The Bertz CT molecular complexity index is 1030. The van der Waals surface area contributed by atoms with Gasteiger partial charge in [0, 0.05) is 36.6 Å². The van der Waals surface area contributed by atoms with Crippen LogP contribution in [0.4, 0.5) is 11.4 Å². The second kappa shape index (κ2) is 7.91. The van der Waals surface area contributed by atoms with Crippen LogP contribution < -0.4 is 10.1 Å². The summed E-state index contributed by atoms with van der Waals surface area (Å²) in [5, 5.41) is 14.8. The fourth-order valence-electron chi connectivity index (χ4n) is 3.02. The second-order valence-electron chi connectivity index (χ2n) is 6.26. The zero-order valence-corrected chi connectivity index (χ0v) is 15.7. The average Bonchev–Trinajstić information content (AvgIpc) is 3.11. The van der Waals surface area contributed by atoms with Crippen LogP contribution in [0.15, 0.2) is 54.9 Å². The van der Waals surface area contributed by atoms with Crippen LogP contribution >= 0.6 is 0 Å². The Morgan fingerprint density at radius 1 is 1.29 bits per heavy atom. The fourth-order valence-corrected chi connectivity index (χ4v) is 3.02. The summed E-state index contributed by atoms with van der Waals surface area (Å²) in [7, 11) is 3.41. The number of aryl methyl sites for hydroxylation is 1. The van der Waals surface area contributed by atoms with Gasteiger partial charge in [0.1, 0.15) is 23.3 Å². The number of imidazole rings is 1. The van der Waals surface area contributed by atoms with Crippen molar-refractivity contribution in [3.63, 3.8) is 0 Å². The van der Waals surface area contributed by atoms with Crippen LogP contribution in [0, 0.1) is 10.1 Å². The van der Waals surface area contributed by atoms with Crippen LogP contribution in [0.1, 0.15) is 34.7 Å². The van der Waals surface area contributed by atoms with E-state index >= 15 is 0 Å². The van der Waals surface area contributed by atoms with Gasteiger partial charge in [0.2, 0.25) is 0 Å². The lowest BCUT2D eigenvalue weighted by atomic mass is 10.0. The molecule has 0 aliphatic carbocycles. The summed E-state index contributed by atoms with van der Waals surface area (Å²) in [6.07, 6.45) is 3.46. The van der Waals surface area contributed by atoms with Gasteiger partial charge in [-0.15, -0.1) is 0 Å². The van der Waals surface area contributed by atoms with Crippen molar-refractivity contribution < 1.29 is 14.5 Å². The van der Waals surface area contributed by atoms with Gasteiger partial charge in [-0.2, -0.15) is 0 Å². The predicted molar refractivity (Wildman–Crippen MR) is 105 cm³/mol. The molecule has 1 atom stereocenters. The highest BCUT2D eigenvalue weighted by atomic mass is 16.6. The van der Waals surface area contributed by atoms with Gasteiger partial charge in [-0.1, -0.05) is 18.2 Å². The lowest BCUT2D eigenvalue weighted by Crippen LogP contribution is -2.18. The van der Waals surface area contributed by atoms with Crippen molar-refractivity contribution in [2.24, 2.45) is 7.05 Å². The minimum atomic E-state index is -0.507. The van der Waals surface area contributed by atoms with Crippen molar-refractivity contribution in [2.75, 3.05) is 12.4 Å². The third-order valence-electron chi connectivity index (χ3n) is 4.47. The molecule has 1 heterocycles. The first-order valence-corrected chi connectivity index (χ1v) is 8.58. The molecule has 2 aromatic carbocycles. The van der Waals surface area contributed by atoms with Crippen molar-refractivity contribution >= 4 is 17.2 Å². The van der Waals surface area contributed by atoms with Crippen LogP contribution in [-0.4, -0.2) is 27.4 Å². The first-order valence-electron chi connectivity index (χ1n) is 8.58. The van der Waals surface area contributed by atoms with Crippen LogP contribution in [0.3, 0.4) is 0 Å². The summed E-state index contributed by atoms with van der Waals surface area (Å²) in [6, 6.07) is 11.3. The molecule has 0 aliphatic heterocycles. The summed E-state index contributed by atoms with van der Waals surface area (Å²) in [5.74, 6) is 1.06. The maximum atomic E-state index is 11.6. The molecule has 144 valence electrons. The van der Waals surface area contributed by atoms with Crippen molar-refractivity contribution in [1.82, 2.24) is 9.55 Å². The van der Waals surface area contributed by atoms with E-state index in [1.54, 1.807) is 31.6 Å². The molecule has 8 heteroatoms. The molecule has 0 fully saturated rings. The molecule has 0 bridgehead atoms. The number of anilines is 1. The van der Waals surface area contributed by atoms with Gasteiger partial charge < -0.3 is 14.6 Å². The van der Waals surface area contributed by atoms with E-state index in [0.29, 0.717) is 11.6 Å². The standard InChI is InChI=1S/C20H20N4O4/c1-13(25)14-8-9-16(17(12-14)24(26)27)22-19(20-21-10-11-23(20)2)15-6-4-5-7-18(15)28-3/h4-12,19,22H,1-3H3. The topological polar surface area (TPSA) is 99.3 Å². The Labute approximate surface area is 161 Å². The number of hydrogen-bond acceptors (Lipinski definition) is 6. The van der Waals surface area contributed by atoms with Gasteiger partial charge in [0.15, 0.2) is 5.78 Å². The average molecular weight is 380 g/mol. The van der Waals surface area contributed by atoms with Crippen LogP contribution in [-0.2, 0) is 7.05 Å². The summed E-state index contributed by atoms with van der Waals surface area (Å²) < 4.78 is 7.31. The number of rotatable bonds is 7. The molecule has 0 saturated carbocycles. The minimum Gasteiger partial charge on any atom is -0.496 e. The molecule has 1 N–H and O–H groups in total. The summed E-state index contributed by atoms with van der Waals surface area (Å²) in [4.78, 5) is 27.1. The zero-order valence-electron chi connectivity index (χ0n) is 15.7. The molecule has 0 saturated heterocycles. The zero-order chi connectivity index (χ0) is 20.3. The third kappa shape index (κ3) is 3.71. The largest absolute Gasteiger partial charge is 0.496 e. The SMILES string of the molecule is COc1ccccc1C(Nc1ccc(C(C)=O)cc1[N+](=O)[O-])c1nccn1C. The first kappa shape index (κ1) is 19.1. The van der Waals surface area contributed by atoms with Gasteiger partial charge in [-0.3, -0.25) is 14.9 Å². The van der Waals surface area contributed by atoms with E-state index in [0.717, 1.165) is 5.56 Å². The Morgan fingerprint density at radius 2 is 2.04 bits per heavy atom. The molecule has 1 aromatic heterocycles. The highest BCUT2D eigenvalue weighted by molar-refractivity contribution is 5.95. The number of methoxy groups -OCH3 is 1. The van der Waals surface area contributed by atoms with Gasteiger partial charge >= 0.3 is 0 Å². The monoisotopic (exact) mass is 380 g/mol. The first-order chi connectivity index (χ1) is 13.4. The Balaban J connectivity index is 2.12. The van der Waals surface area contributed by atoms with Crippen LogP contribution in [0.25, 0.3) is 0 Å². The van der Waals surface area contributed by atoms with Crippen molar-refractivity contribution in [3.8, 4) is 5.75 Å². The minimum absolute atomic E-state index is 0.179. The Hall–Kier alpha value is -3.68. The molecular formula is C20H20N4O4. The summed E-state index contributed by atoms with van der Waals surface area (Å²) >= 11 is 0. The molecule has 0 aliphatic rings. The number of ether oxygens (including phenoxy) is 1. The molecule has 28 heavy (non-hydrogen) atoms.